The van der Waals surface area contributed by atoms with E-state index in [0.717, 1.165) is 19.0 Å². The third-order valence-corrected chi connectivity index (χ3v) is 5.19. The third kappa shape index (κ3) is 1.58. The van der Waals surface area contributed by atoms with E-state index in [-0.39, 0.29) is 5.54 Å². The summed E-state index contributed by atoms with van der Waals surface area (Å²) in [5, 5.41) is 0. The van der Waals surface area contributed by atoms with Crippen molar-refractivity contribution in [2.45, 2.75) is 44.6 Å². The highest BCUT2D eigenvalue weighted by molar-refractivity contribution is 5.60. The molecule has 1 aliphatic heterocycles. The van der Waals surface area contributed by atoms with Gasteiger partial charge in [0.2, 0.25) is 0 Å². The van der Waals surface area contributed by atoms with Crippen LogP contribution in [0.2, 0.25) is 0 Å². The van der Waals surface area contributed by atoms with E-state index in [1.807, 2.05) is 0 Å². The smallest absolute Gasteiger partial charge is 0.0552 e. The maximum Gasteiger partial charge on any atom is 0.0552 e. The molecule has 0 radical (unpaired) electrons. The second kappa shape index (κ2) is 4.58. The van der Waals surface area contributed by atoms with Crippen LogP contribution in [0.15, 0.2) is 24.3 Å². The molecule has 2 atom stereocenters. The zero-order valence-electron chi connectivity index (χ0n) is 11.4. The molecule has 1 saturated carbocycles. The Bertz CT molecular complexity index is 429. The minimum absolute atomic E-state index is 0.237. The maximum absolute atomic E-state index is 6.23. The van der Waals surface area contributed by atoms with Gasteiger partial charge in [0, 0.05) is 18.8 Å². The van der Waals surface area contributed by atoms with E-state index >= 15 is 0 Å². The second-order valence-electron chi connectivity index (χ2n) is 5.84. The zero-order valence-corrected chi connectivity index (χ0v) is 11.4. The summed E-state index contributed by atoms with van der Waals surface area (Å²) in [6.45, 7) is 4.29. The monoisotopic (exact) mass is 244 g/mol. The van der Waals surface area contributed by atoms with E-state index in [1.165, 1.54) is 43.4 Å². The van der Waals surface area contributed by atoms with Crippen LogP contribution in [-0.4, -0.2) is 18.6 Å². The van der Waals surface area contributed by atoms with Crippen molar-refractivity contribution in [1.82, 2.24) is 0 Å². The normalized spacial score (nSPS) is 30.8. The number of anilines is 1. The third-order valence-electron chi connectivity index (χ3n) is 5.19. The molecule has 1 heterocycles. The van der Waals surface area contributed by atoms with Crippen molar-refractivity contribution >= 4 is 5.69 Å². The van der Waals surface area contributed by atoms with Crippen molar-refractivity contribution in [1.29, 1.82) is 0 Å². The molecule has 2 heteroatoms. The Hall–Kier alpha value is -1.02. The van der Waals surface area contributed by atoms with Crippen LogP contribution < -0.4 is 10.6 Å². The molecular weight excluding hydrogens is 220 g/mol. The molecule has 1 aliphatic carbocycles. The molecule has 2 aliphatic rings. The lowest BCUT2D eigenvalue weighted by Crippen LogP contribution is -2.56. The van der Waals surface area contributed by atoms with Crippen LogP contribution in [-0.2, 0) is 6.42 Å². The van der Waals surface area contributed by atoms with E-state index in [2.05, 4.69) is 36.1 Å². The molecule has 18 heavy (non-hydrogen) atoms. The summed E-state index contributed by atoms with van der Waals surface area (Å²) in [5.74, 6) is 0.772. The minimum atomic E-state index is 0.237. The van der Waals surface area contributed by atoms with Crippen LogP contribution in [0, 0.1) is 5.92 Å². The van der Waals surface area contributed by atoms with Gasteiger partial charge in [0.15, 0.2) is 0 Å². The Morgan fingerprint density at radius 3 is 3.00 bits per heavy atom. The van der Waals surface area contributed by atoms with E-state index in [4.69, 9.17) is 5.73 Å². The highest BCUT2D eigenvalue weighted by Gasteiger charge is 2.46. The van der Waals surface area contributed by atoms with Gasteiger partial charge < -0.3 is 10.6 Å². The first-order valence-electron chi connectivity index (χ1n) is 7.37. The van der Waals surface area contributed by atoms with Crippen molar-refractivity contribution in [3.63, 3.8) is 0 Å². The van der Waals surface area contributed by atoms with Crippen LogP contribution in [0.4, 0.5) is 5.69 Å². The first-order valence-corrected chi connectivity index (χ1v) is 7.37. The Morgan fingerprint density at radius 2 is 2.22 bits per heavy atom. The van der Waals surface area contributed by atoms with Crippen molar-refractivity contribution in [3.05, 3.63) is 29.8 Å². The first kappa shape index (κ1) is 12.0. The molecule has 98 valence electrons. The summed E-state index contributed by atoms with van der Waals surface area (Å²) in [6, 6.07) is 8.88. The number of hydrogen-bond donors (Lipinski definition) is 1. The maximum atomic E-state index is 6.23. The van der Waals surface area contributed by atoms with Crippen molar-refractivity contribution in [2.75, 3.05) is 18.0 Å². The summed E-state index contributed by atoms with van der Waals surface area (Å²) in [5.41, 5.74) is 9.42. The number of rotatable bonds is 3. The van der Waals surface area contributed by atoms with Gasteiger partial charge in [-0.25, -0.2) is 0 Å². The Labute approximate surface area is 110 Å². The fourth-order valence-electron chi connectivity index (χ4n) is 4.25. The quantitative estimate of drug-likeness (QED) is 0.885. The van der Waals surface area contributed by atoms with E-state index in [1.54, 1.807) is 0 Å². The van der Waals surface area contributed by atoms with Gasteiger partial charge in [0.25, 0.3) is 0 Å². The molecule has 1 fully saturated rings. The summed E-state index contributed by atoms with van der Waals surface area (Å²) in [7, 11) is 0. The fraction of sp³-hybridized carbons (Fsp3) is 0.625. The number of hydrogen-bond acceptors (Lipinski definition) is 2. The molecule has 1 aromatic carbocycles. The molecule has 0 saturated heterocycles. The van der Waals surface area contributed by atoms with E-state index < -0.39 is 0 Å². The first-order chi connectivity index (χ1) is 8.81. The largest absolute Gasteiger partial charge is 0.364 e. The van der Waals surface area contributed by atoms with Crippen LogP contribution in [0.25, 0.3) is 0 Å². The van der Waals surface area contributed by atoms with Crippen molar-refractivity contribution < 1.29 is 0 Å². The standard InChI is InChI=1S/C16H24N2/c1-2-14-7-5-10-16(14,12-17)18-11-9-13-6-3-4-8-15(13)18/h3-4,6,8,14H,2,5,7,9-12,17H2,1H3. The number of nitrogens with zero attached hydrogens (tertiary/aromatic N) is 1. The molecule has 0 bridgehead atoms. The van der Waals surface area contributed by atoms with E-state index in [9.17, 15) is 0 Å². The van der Waals surface area contributed by atoms with Crippen molar-refractivity contribution in [2.24, 2.45) is 11.7 Å². The SMILES string of the molecule is CCC1CCCC1(CN)N1CCc2ccccc21. The van der Waals surface area contributed by atoms with Gasteiger partial charge in [-0.15, -0.1) is 0 Å². The Morgan fingerprint density at radius 1 is 1.39 bits per heavy atom. The summed E-state index contributed by atoms with van der Waals surface area (Å²) in [6.07, 6.45) is 6.42. The number of nitrogens with two attached hydrogens (primary N) is 1. The molecule has 2 N–H and O–H groups in total. The lowest BCUT2D eigenvalue weighted by atomic mass is 9.83. The van der Waals surface area contributed by atoms with Crippen LogP contribution >= 0.6 is 0 Å². The van der Waals surface area contributed by atoms with Gasteiger partial charge >= 0.3 is 0 Å². The highest BCUT2D eigenvalue weighted by atomic mass is 15.2. The second-order valence-corrected chi connectivity index (χ2v) is 5.84. The van der Waals surface area contributed by atoms with Gasteiger partial charge in [-0.3, -0.25) is 0 Å². The average molecular weight is 244 g/mol. The summed E-state index contributed by atoms with van der Waals surface area (Å²) in [4.78, 5) is 2.64. The topological polar surface area (TPSA) is 29.3 Å². The van der Waals surface area contributed by atoms with Crippen LogP contribution in [0.3, 0.4) is 0 Å². The predicted octanol–water partition coefficient (Wildman–Crippen LogP) is 2.96. The molecule has 0 amide bonds. The van der Waals surface area contributed by atoms with Gasteiger partial charge in [0.1, 0.15) is 0 Å². The fourth-order valence-corrected chi connectivity index (χ4v) is 4.25. The summed E-state index contributed by atoms with van der Waals surface area (Å²) < 4.78 is 0. The summed E-state index contributed by atoms with van der Waals surface area (Å²) >= 11 is 0. The molecule has 2 nitrogen and oxygen atoms in total. The number of fused-ring (bicyclic) bond motifs is 1. The minimum Gasteiger partial charge on any atom is -0.364 e. The number of benzene rings is 1. The molecule has 0 aromatic heterocycles. The molecule has 1 aromatic rings. The predicted molar refractivity (Wildman–Crippen MR) is 76.9 cm³/mol. The highest BCUT2D eigenvalue weighted by Crippen LogP contribution is 2.46. The van der Waals surface area contributed by atoms with Crippen LogP contribution in [0.5, 0.6) is 0 Å². The Balaban J connectivity index is 1.99. The Kier molecular flexibility index (Phi) is 3.06. The molecule has 3 rings (SSSR count). The van der Waals surface area contributed by atoms with Gasteiger partial charge in [-0.2, -0.15) is 0 Å². The molecular formula is C16H24N2. The molecule has 0 spiro atoms. The lowest BCUT2D eigenvalue weighted by Gasteiger charge is -2.44. The lowest BCUT2D eigenvalue weighted by molar-refractivity contribution is 0.296. The van der Waals surface area contributed by atoms with Crippen LogP contribution in [0.1, 0.15) is 38.2 Å². The zero-order chi connectivity index (χ0) is 12.6. The molecule has 2 unspecified atom stereocenters. The van der Waals surface area contributed by atoms with Gasteiger partial charge in [0.05, 0.1) is 5.54 Å². The average Bonchev–Trinajstić information content (AvgIpc) is 3.02. The van der Waals surface area contributed by atoms with Crippen molar-refractivity contribution in [3.8, 4) is 0 Å². The van der Waals surface area contributed by atoms with Gasteiger partial charge in [-0.1, -0.05) is 38.0 Å². The van der Waals surface area contributed by atoms with Gasteiger partial charge in [-0.05, 0) is 36.8 Å². The number of para-hydroxylation sites is 1. The van der Waals surface area contributed by atoms with E-state index in [0.29, 0.717) is 0 Å².